The maximum Gasteiger partial charge on any atom is 0.252 e. The molecular formula is C18H29N3OS. The van der Waals surface area contributed by atoms with Crippen molar-refractivity contribution >= 4 is 17.2 Å². The van der Waals surface area contributed by atoms with Crippen molar-refractivity contribution in [1.29, 1.82) is 0 Å². The summed E-state index contributed by atoms with van der Waals surface area (Å²) in [5, 5.41) is 5.28. The van der Waals surface area contributed by atoms with Gasteiger partial charge in [-0.1, -0.05) is 6.92 Å². The van der Waals surface area contributed by atoms with E-state index in [1.807, 2.05) is 0 Å². The van der Waals surface area contributed by atoms with E-state index in [9.17, 15) is 4.79 Å². The Morgan fingerprint density at radius 2 is 2.13 bits per heavy atom. The highest BCUT2D eigenvalue weighted by molar-refractivity contribution is 7.10. The summed E-state index contributed by atoms with van der Waals surface area (Å²) in [5.41, 5.74) is 2.25. The number of rotatable bonds is 4. The molecule has 0 aromatic carbocycles. The van der Waals surface area contributed by atoms with Gasteiger partial charge in [-0.05, 0) is 44.7 Å². The number of nitrogens with zero attached hydrogens (tertiary/aromatic N) is 2. The first-order chi connectivity index (χ1) is 11.0. The van der Waals surface area contributed by atoms with Crippen molar-refractivity contribution in [3.05, 3.63) is 21.4 Å². The van der Waals surface area contributed by atoms with Crippen molar-refractivity contribution in [2.75, 3.05) is 39.8 Å². The smallest absolute Gasteiger partial charge is 0.252 e. The number of carbonyl (C=O) groups is 1. The summed E-state index contributed by atoms with van der Waals surface area (Å²) in [6.45, 7) is 9.82. The Labute approximate surface area is 143 Å². The van der Waals surface area contributed by atoms with Crippen molar-refractivity contribution in [3.63, 3.8) is 0 Å². The summed E-state index contributed by atoms with van der Waals surface area (Å²) in [6.07, 6.45) is 3.42. The number of carbonyl (C=O) groups excluding carboxylic acids is 1. The van der Waals surface area contributed by atoms with Crippen LogP contribution in [0.15, 0.2) is 5.38 Å². The molecule has 1 N–H and O–H groups in total. The third kappa shape index (κ3) is 4.14. The zero-order chi connectivity index (χ0) is 16.4. The first kappa shape index (κ1) is 16.9. The van der Waals surface area contributed by atoms with Crippen LogP contribution in [0.3, 0.4) is 0 Å². The molecule has 128 valence electrons. The number of hydrogen-bond acceptors (Lipinski definition) is 4. The van der Waals surface area contributed by atoms with Gasteiger partial charge in [0.25, 0.3) is 5.91 Å². The third-order valence-corrected chi connectivity index (χ3v) is 6.20. The molecule has 1 amide bonds. The van der Waals surface area contributed by atoms with Gasteiger partial charge in [0.2, 0.25) is 0 Å². The number of amides is 1. The Bertz CT molecular complexity index is 548. The molecule has 23 heavy (non-hydrogen) atoms. The van der Waals surface area contributed by atoms with Gasteiger partial charge in [-0.3, -0.25) is 9.69 Å². The van der Waals surface area contributed by atoms with Crippen LogP contribution in [0, 0.1) is 5.92 Å². The lowest BCUT2D eigenvalue weighted by Crippen LogP contribution is -2.49. The van der Waals surface area contributed by atoms with Crippen LogP contribution in [0.25, 0.3) is 0 Å². The van der Waals surface area contributed by atoms with Gasteiger partial charge in [-0.25, -0.2) is 0 Å². The molecule has 0 spiro atoms. The molecule has 0 bridgehead atoms. The molecule has 1 aliphatic heterocycles. The molecule has 1 aliphatic carbocycles. The lowest BCUT2D eigenvalue weighted by molar-refractivity contribution is 0.0914. The molecular weight excluding hydrogens is 306 g/mol. The van der Waals surface area contributed by atoms with E-state index in [2.05, 4.69) is 41.4 Å². The summed E-state index contributed by atoms with van der Waals surface area (Å²) in [4.78, 5) is 18.9. The molecule has 1 aromatic rings. The van der Waals surface area contributed by atoms with Crippen molar-refractivity contribution in [1.82, 2.24) is 15.1 Å². The normalized spacial score (nSPS) is 24.2. The second-order valence-corrected chi connectivity index (χ2v) is 8.34. The Balaban J connectivity index is 1.55. The van der Waals surface area contributed by atoms with Crippen LogP contribution in [0.1, 0.15) is 41.1 Å². The number of piperazine rings is 1. The van der Waals surface area contributed by atoms with Gasteiger partial charge in [0, 0.05) is 49.0 Å². The van der Waals surface area contributed by atoms with E-state index < -0.39 is 0 Å². The second kappa shape index (κ2) is 7.32. The van der Waals surface area contributed by atoms with Crippen LogP contribution in [-0.2, 0) is 12.8 Å². The molecule has 2 atom stereocenters. The number of hydrogen-bond donors (Lipinski definition) is 1. The first-order valence-corrected chi connectivity index (χ1v) is 9.72. The highest BCUT2D eigenvalue weighted by atomic mass is 32.1. The lowest BCUT2D eigenvalue weighted by atomic mass is 9.88. The number of thiophene rings is 1. The van der Waals surface area contributed by atoms with Crippen LogP contribution in [0.4, 0.5) is 0 Å². The average molecular weight is 336 g/mol. The molecule has 5 heteroatoms. The Morgan fingerprint density at radius 3 is 2.87 bits per heavy atom. The fraction of sp³-hybridized carbons (Fsp3) is 0.722. The summed E-state index contributed by atoms with van der Waals surface area (Å²) in [5.74, 6) is 0.881. The summed E-state index contributed by atoms with van der Waals surface area (Å²) >= 11 is 1.77. The Kier molecular flexibility index (Phi) is 5.39. The average Bonchev–Trinajstić information content (AvgIpc) is 2.92. The van der Waals surface area contributed by atoms with Crippen LogP contribution in [0.5, 0.6) is 0 Å². The number of nitrogens with one attached hydrogen (secondary N) is 1. The molecule has 1 fully saturated rings. The standard InChI is InChI=1S/C18H29N3OS/c1-13-4-5-15-16(12-23-17(15)10-13)18(22)19-14(2)11-21-8-6-20(3)7-9-21/h12-14H,4-11H2,1-3H3,(H,19,22)/t13-,14+/m1/s1. The minimum atomic E-state index is 0.124. The van der Waals surface area contributed by atoms with E-state index in [-0.39, 0.29) is 11.9 Å². The number of fused-ring (bicyclic) bond motifs is 1. The Hall–Kier alpha value is -0.910. The van der Waals surface area contributed by atoms with Crippen LogP contribution < -0.4 is 5.32 Å². The maximum atomic E-state index is 12.6. The van der Waals surface area contributed by atoms with E-state index in [1.165, 1.54) is 16.9 Å². The monoisotopic (exact) mass is 335 g/mol. The number of likely N-dealkylation sites (N-methyl/N-ethyl adjacent to an activating group) is 1. The van der Waals surface area contributed by atoms with Gasteiger partial charge in [-0.15, -0.1) is 11.3 Å². The summed E-state index contributed by atoms with van der Waals surface area (Å²) in [6, 6.07) is 0.198. The van der Waals surface area contributed by atoms with E-state index >= 15 is 0 Å². The van der Waals surface area contributed by atoms with Crippen molar-refractivity contribution in [3.8, 4) is 0 Å². The molecule has 3 rings (SSSR count). The van der Waals surface area contributed by atoms with Crippen LogP contribution in [0.2, 0.25) is 0 Å². The molecule has 4 nitrogen and oxygen atoms in total. The topological polar surface area (TPSA) is 35.6 Å². The van der Waals surface area contributed by atoms with Crippen molar-refractivity contribution in [2.24, 2.45) is 5.92 Å². The second-order valence-electron chi connectivity index (χ2n) is 7.38. The summed E-state index contributed by atoms with van der Waals surface area (Å²) in [7, 11) is 2.17. The molecule has 1 saturated heterocycles. The zero-order valence-corrected chi connectivity index (χ0v) is 15.4. The zero-order valence-electron chi connectivity index (χ0n) is 14.6. The van der Waals surface area contributed by atoms with E-state index in [0.29, 0.717) is 0 Å². The SMILES string of the molecule is C[C@@H]1CCc2c(C(=O)N[C@@H](C)CN3CCN(C)CC3)csc2C1. The van der Waals surface area contributed by atoms with Gasteiger partial charge in [0.15, 0.2) is 0 Å². The minimum Gasteiger partial charge on any atom is -0.348 e. The lowest BCUT2D eigenvalue weighted by Gasteiger charge is -2.34. The Morgan fingerprint density at radius 1 is 1.39 bits per heavy atom. The predicted molar refractivity (Wildman–Crippen MR) is 96.4 cm³/mol. The maximum absolute atomic E-state index is 12.6. The highest BCUT2D eigenvalue weighted by Gasteiger charge is 2.24. The quantitative estimate of drug-likeness (QED) is 0.917. The molecule has 1 aromatic heterocycles. The van der Waals surface area contributed by atoms with Crippen LogP contribution in [-0.4, -0.2) is 61.5 Å². The van der Waals surface area contributed by atoms with Crippen molar-refractivity contribution in [2.45, 2.75) is 39.2 Å². The van der Waals surface area contributed by atoms with E-state index in [1.54, 1.807) is 11.3 Å². The van der Waals surface area contributed by atoms with E-state index in [4.69, 9.17) is 0 Å². The molecule has 2 aliphatic rings. The van der Waals surface area contributed by atoms with Gasteiger partial charge in [0.05, 0.1) is 5.56 Å². The predicted octanol–water partition coefficient (Wildman–Crippen LogP) is 2.24. The molecule has 0 radical (unpaired) electrons. The first-order valence-electron chi connectivity index (χ1n) is 8.84. The molecule has 2 heterocycles. The fourth-order valence-corrected chi connectivity index (χ4v) is 4.88. The molecule has 0 saturated carbocycles. The third-order valence-electron chi connectivity index (χ3n) is 5.15. The van der Waals surface area contributed by atoms with Gasteiger partial charge in [-0.2, -0.15) is 0 Å². The molecule has 0 unspecified atom stereocenters. The van der Waals surface area contributed by atoms with Gasteiger partial charge in [0.1, 0.15) is 0 Å². The van der Waals surface area contributed by atoms with Gasteiger partial charge >= 0.3 is 0 Å². The highest BCUT2D eigenvalue weighted by Crippen LogP contribution is 2.32. The van der Waals surface area contributed by atoms with Gasteiger partial charge < -0.3 is 10.2 Å². The van der Waals surface area contributed by atoms with E-state index in [0.717, 1.165) is 57.0 Å². The van der Waals surface area contributed by atoms with Crippen LogP contribution >= 0.6 is 11.3 Å². The summed E-state index contributed by atoms with van der Waals surface area (Å²) < 4.78 is 0. The van der Waals surface area contributed by atoms with Crippen molar-refractivity contribution < 1.29 is 4.79 Å². The minimum absolute atomic E-state index is 0.124. The fourth-order valence-electron chi connectivity index (χ4n) is 3.63. The largest absolute Gasteiger partial charge is 0.348 e.